The predicted octanol–water partition coefficient (Wildman–Crippen LogP) is 15.7. The van der Waals surface area contributed by atoms with Crippen LogP contribution >= 0.6 is 35.3 Å². The summed E-state index contributed by atoms with van der Waals surface area (Å²) in [5.74, 6) is 0.743. The van der Waals surface area contributed by atoms with E-state index in [0.717, 1.165) is 97.1 Å². The number of para-hydroxylation sites is 3. The van der Waals surface area contributed by atoms with Crippen molar-refractivity contribution < 1.29 is 79.6 Å². The van der Waals surface area contributed by atoms with E-state index >= 15 is 0 Å². The molecule has 7 unspecified atom stereocenters. The highest BCUT2D eigenvalue weighted by Crippen LogP contribution is 2.49. The van der Waals surface area contributed by atoms with E-state index in [4.69, 9.17) is 4.74 Å². The number of ether oxygens (including phenoxy) is 2. The average molecular weight is 1740 g/mol. The van der Waals surface area contributed by atoms with Crippen LogP contribution in [0.2, 0.25) is 0 Å². The minimum atomic E-state index is -4.65. The number of alkyl halides is 4. The van der Waals surface area contributed by atoms with Gasteiger partial charge in [0.1, 0.15) is 16.5 Å². The number of carbonyl (C=O) groups is 9. The molecular weight excluding hydrogens is 1610 g/mol. The number of carbonyl (C=O) groups excluding carboxylic acids is 9. The summed E-state index contributed by atoms with van der Waals surface area (Å²) in [7, 11) is 0. The van der Waals surface area contributed by atoms with Crippen LogP contribution in [0.1, 0.15) is 174 Å². The summed E-state index contributed by atoms with van der Waals surface area (Å²) in [6.45, 7) is 20.2. The second kappa shape index (κ2) is 41.1. The molecule has 0 spiro atoms. The smallest absolute Gasteiger partial charge is 0.428 e. The lowest BCUT2D eigenvalue weighted by Crippen LogP contribution is -2.51. The number of halogens is 4. The van der Waals surface area contributed by atoms with Gasteiger partial charge in [0.25, 0.3) is 0 Å². The van der Waals surface area contributed by atoms with Crippen molar-refractivity contribution in [2.75, 3.05) is 94.7 Å². The molecule has 8 atom stereocenters. The van der Waals surface area contributed by atoms with Crippen molar-refractivity contribution in [1.82, 2.24) is 44.1 Å². The molecule has 0 bridgehead atoms. The lowest BCUT2D eigenvalue weighted by atomic mass is 10.00. The summed E-state index contributed by atoms with van der Waals surface area (Å²) in [4.78, 5) is 136. The number of thioether (sulfide) groups is 3. The molecule has 121 heavy (non-hydrogen) atoms. The van der Waals surface area contributed by atoms with Crippen molar-refractivity contribution >= 4 is 106 Å². The lowest BCUT2D eigenvalue weighted by Gasteiger charge is -2.40. The molecule has 7 saturated heterocycles. The number of hydrogen-bond donors (Lipinski definition) is 4. The van der Waals surface area contributed by atoms with Crippen LogP contribution in [-0.4, -0.2) is 239 Å². The first kappa shape index (κ1) is 90.0. The summed E-state index contributed by atoms with van der Waals surface area (Å²) < 4.78 is 62.6. The molecule has 12 amide bonds. The number of nitrogens with zero attached hydrogens (tertiary/aromatic N) is 9. The first-order valence-electron chi connectivity index (χ1n) is 43.1. The van der Waals surface area contributed by atoms with Gasteiger partial charge in [-0.1, -0.05) is 139 Å². The largest absolute Gasteiger partial charge is 0.461 e. The van der Waals surface area contributed by atoms with Crippen LogP contribution in [0.3, 0.4) is 0 Å². The fourth-order valence-corrected chi connectivity index (χ4v) is 22.5. The summed E-state index contributed by atoms with van der Waals surface area (Å²) in [6, 6.07) is 38.4. The van der Waals surface area contributed by atoms with E-state index in [-0.39, 0.29) is 130 Å². The third-order valence-corrected chi connectivity index (χ3v) is 29.2. The van der Waals surface area contributed by atoms with E-state index in [2.05, 4.69) is 54.4 Å². The number of amides is 12. The van der Waals surface area contributed by atoms with Crippen LogP contribution < -0.4 is 20.7 Å². The highest BCUT2D eigenvalue weighted by atomic mass is 32.2. The molecule has 15 rings (SSSR count). The van der Waals surface area contributed by atoms with Crippen molar-refractivity contribution in [1.29, 1.82) is 0 Å². The molecule has 0 saturated carbocycles. The number of nitrogens with one attached hydrogen (secondary N) is 3. The molecule has 24 nitrogen and oxygen atoms in total. The van der Waals surface area contributed by atoms with Gasteiger partial charge >= 0.3 is 30.6 Å². The van der Waals surface area contributed by atoms with Gasteiger partial charge in [0.2, 0.25) is 35.4 Å². The lowest BCUT2D eigenvalue weighted by molar-refractivity contribution is -0.253. The molecule has 10 heterocycles. The highest BCUT2D eigenvalue weighted by molar-refractivity contribution is 8.02. The molecule has 10 aliphatic rings. The Morgan fingerprint density at radius 2 is 0.967 bits per heavy atom. The number of fused-ring (bicyclic) bond motifs is 3. The Morgan fingerprint density at radius 3 is 1.46 bits per heavy atom. The zero-order valence-corrected chi connectivity index (χ0v) is 72.4. The minimum Gasteiger partial charge on any atom is -0.428 e. The van der Waals surface area contributed by atoms with Crippen molar-refractivity contribution in [3.63, 3.8) is 0 Å². The van der Waals surface area contributed by atoms with Gasteiger partial charge in [0.15, 0.2) is 0 Å². The van der Waals surface area contributed by atoms with Gasteiger partial charge in [0.05, 0.1) is 40.4 Å². The van der Waals surface area contributed by atoms with Gasteiger partial charge in [-0.05, 0) is 153 Å². The first-order valence-corrected chi connectivity index (χ1v) is 45.9. The number of anilines is 3. The van der Waals surface area contributed by atoms with Crippen molar-refractivity contribution in [3.8, 4) is 5.75 Å². The molecule has 4 N–H and O–H groups in total. The highest BCUT2D eigenvalue weighted by Gasteiger charge is 2.50. The van der Waals surface area contributed by atoms with Crippen molar-refractivity contribution in [2.45, 2.75) is 220 Å². The quantitative estimate of drug-likeness (QED) is 0.0396. The number of aliphatic hydroxyl groups is 1. The van der Waals surface area contributed by atoms with Crippen LogP contribution in [-0.2, 0) is 53.0 Å². The van der Waals surface area contributed by atoms with Crippen LogP contribution in [0, 0.1) is 23.7 Å². The van der Waals surface area contributed by atoms with Gasteiger partial charge in [0, 0.05) is 143 Å². The zero-order valence-electron chi connectivity index (χ0n) is 70.0. The van der Waals surface area contributed by atoms with Crippen molar-refractivity contribution in [3.05, 3.63) is 155 Å². The molecule has 7 fully saturated rings. The monoisotopic (exact) mass is 1730 g/mol. The fraction of sp³-hybridized carbons (Fsp3) is 0.567. The number of piperidine rings is 3. The molecule has 660 valence electrons. The standard InChI is InChI=1S/C31H36F4N4O4S.C30H38N4O4S.C29H42N4O4S.3H2/c1-19(2)10-15-38-27(41)25(44-28(38)20-7-5-8-23(16-20)43-31(34,35)29(32)33)17-26(40)37-13-11-22(12-14-37)39-18-21-6-3-4-9-24(21)36-30(39)42;1-20(2)16-24(19-35)34-28(37)26(39-29(34)21-8-4-3-5-9-21)17-27(36)32-14-12-23(13-15-32)33-18-22-10-6-7-11-25(22)31-30(33)38;1-20(2)9-15-33-27(35)25(38-28(33)22-7-5-17-37-19-22)18-26(34)31-13-11-23(12-14-31)32-16-10-21-6-3-4-8-24(21)30-29(32)36;;;/h3-9,16,19,22,25,28-29H,10-15,17-18H2,1-2H3,(H,36,42);3-11,20,23-24,26,29,35H,12-19H2,1-2H3,(H,31,38);3-4,6,8,20,22-23,25,28H,5,7,9-19H2,1-2H3,(H,30,36);3*1H/t;24-,26?,29?;;;;/m.1..../s1. The van der Waals surface area contributed by atoms with Crippen LogP contribution in [0.15, 0.2) is 127 Å². The SMILES string of the molecule is CC(C)CCN1C(=O)C(CC(=O)N2CCC(N3CCc4ccccc4NC3=O)CC2)SC1C1CCCOC1.CC(C)CCN1C(=O)C(CC(=O)N2CCC(N3Cc4ccccc4NC3=O)CC2)SC1c1cccc(OC(F)(F)C(F)F)c1.CC(C)C[C@H](CO)N1C(=O)C(CC(=O)N2CCC(N3Cc4ccccc4NC3=O)CC2)SC1c1ccccc1.[HH].[HH].[HH]. The fourth-order valence-electron chi connectivity index (χ4n) is 17.9. The van der Waals surface area contributed by atoms with Crippen molar-refractivity contribution in [2.24, 2.45) is 23.7 Å². The van der Waals surface area contributed by atoms with E-state index in [1.165, 1.54) is 35.7 Å². The normalized spacial score (nSPS) is 23.5. The molecule has 5 aromatic rings. The third-order valence-electron chi connectivity index (χ3n) is 24.7. The first-order chi connectivity index (χ1) is 58.2. The van der Waals surface area contributed by atoms with Gasteiger partial charge in [-0.3, -0.25) is 28.8 Å². The number of aliphatic hydroxyl groups excluding tert-OH is 1. The maximum Gasteiger partial charge on any atom is 0.461 e. The molecule has 31 heteroatoms. The Morgan fingerprint density at radius 1 is 0.521 bits per heavy atom. The van der Waals surface area contributed by atoms with Gasteiger partial charge in [-0.25, -0.2) is 14.4 Å². The van der Waals surface area contributed by atoms with Crippen LogP contribution in [0.5, 0.6) is 5.75 Å². The Labute approximate surface area is 724 Å². The molecule has 10 aliphatic heterocycles. The maximum atomic E-state index is 13.7. The minimum absolute atomic E-state index is 0. The maximum absolute atomic E-state index is 13.7. The Hall–Kier alpha value is -8.78. The number of rotatable bonds is 25. The summed E-state index contributed by atoms with van der Waals surface area (Å²) in [5, 5.41) is 17.0. The van der Waals surface area contributed by atoms with Gasteiger partial charge in [-0.2, -0.15) is 17.6 Å². The zero-order chi connectivity index (χ0) is 85.8. The van der Waals surface area contributed by atoms with Gasteiger partial charge < -0.3 is 74.6 Å². The summed E-state index contributed by atoms with van der Waals surface area (Å²) >= 11 is 4.45. The summed E-state index contributed by atoms with van der Waals surface area (Å²) in [6.07, 6.45) is 1.23. The Bertz CT molecular complexity index is 4460. The number of hydrogen-bond acceptors (Lipinski definition) is 15. The summed E-state index contributed by atoms with van der Waals surface area (Å²) in [5.41, 5.74) is 7.34. The second-order valence-corrected chi connectivity index (χ2v) is 38.3. The van der Waals surface area contributed by atoms with E-state index in [9.17, 15) is 65.8 Å². The van der Waals surface area contributed by atoms with Gasteiger partial charge in [-0.15, -0.1) is 35.3 Å². The molecule has 0 radical (unpaired) electrons. The molecule has 0 aliphatic carbocycles. The number of urea groups is 3. The van der Waals surface area contributed by atoms with E-state index in [1.54, 1.807) is 27.6 Å². The molecule has 5 aromatic carbocycles. The number of likely N-dealkylation sites (tertiary alicyclic amines) is 3. The topological polar surface area (TPSA) is 258 Å². The third kappa shape index (κ3) is 22.2. The Kier molecular flexibility index (Phi) is 30.6. The average Bonchev–Trinajstić information content (AvgIpc) is 1.64. The van der Waals surface area contributed by atoms with E-state index < -0.39 is 34.2 Å². The number of benzene rings is 5. The van der Waals surface area contributed by atoms with E-state index in [1.807, 2.05) is 145 Å². The Balaban J connectivity index is 0.000000193. The van der Waals surface area contributed by atoms with Crippen LogP contribution in [0.4, 0.5) is 49.0 Å². The predicted molar refractivity (Wildman–Crippen MR) is 468 cm³/mol. The second-order valence-electron chi connectivity index (χ2n) is 34.4. The molecule has 0 aromatic heterocycles. The molecular formula is C90H122F4N12O12S3. The van der Waals surface area contributed by atoms with Crippen LogP contribution in [0.25, 0.3) is 0 Å². The van der Waals surface area contributed by atoms with E-state index in [0.29, 0.717) is 134 Å².